The number of aromatic carboxylic acids is 1. The quantitative estimate of drug-likeness (QED) is 0.823. The van der Waals surface area contributed by atoms with Crippen LogP contribution in [-0.4, -0.2) is 29.0 Å². The number of thioether (sulfide) groups is 1. The molecule has 0 amide bonds. The van der Waals surface area contributed by atoms with Crippen LogP contribution in [0.25, 0.3) is 0 Å². The molecule has 0 bridgehead atoms. The lowest BCUT2D eigenvalue weighted by Gasteiger charge is -2.15. The lowest BCUT2D eigenvalue weighted by molar-refractivity contribution is 0.0697. The molecule has 4 nitrogen and oxygen atoms in total. The molecule has 2 unspecified atom stereocenters. The molecule has 98 valence electrons. The largest absolute Gasteiger partial charge is 0.478 e. The first-order valence-electron chi connectivity index (χ1n) is 5.90. The van der Waals surface area contributed by atoms with Gasteiger partial charge in [0.25, 0.3) is 0 Å². The highest BCUT2D eigenvalue weighted by molar-refractivity contribution is 8.00. The van der Waals surface area contributed by atoms with Crippen LogP contribution in [-0.2, 0) is 4.74 Å². The second kappa shape index (κ2) is 5.20. The predicted octanol–water partition coefficient (Wildman–Crippen LogP) is 2.54. The number of aryl methyl sites for hydroxylation is 1. The van der Waals surface area contributed by atoms with Crippen LogP contribution in [0.5, 0.6) is 0 Å². The minimum absolute atomic E-state index is 0.184. The number of anilines is 1. The number of carboxylic acids is 1. The van der Waals surface area contributed by atoms with Gasteiger partial charge in [0.05, 0.1) is 11.7 Å². The van der Waals surface area contributed by atoms with Crippen molar-refractivity contribution in [1.29, 1.82) is 0 Å². The molecule has 2 rings (SSSR count). The third-order valence-electron chi connectivity index (χ3n) is 3.18. The molecular weight excluding hydrogens is 250 g/mol. The van der Waals surface area contributed by atoms with Crippen molar-refractivity contribution >= 4 is 23.4 Å². The maximum absolute atomic E-state index is 11.1. The number of carbonyl (C=O) groups is 1. The lowest BCUT2D eigenvalue weighted by Crippen LogP contribution is -2.13. The van der Waals surface area contributed by atoms with Gasteiger partial charge in [0.2, 0.25) is 0 Å². The van der Waals surface area contributed by atoms with E-state index in [4.69, 9.17) is 15.6 Å². The molecular formula is C13H17NO3S. The van der Waals surface area contributed by atoms with Crippen LogP contribution >= 0.6 is 11.8 Å². The fraction of sp³-hybridized carbons (Fsp3) is 0.462. The van der Waals surface area contributed by atoms with Crippen LogP contribution in [0.4, 0.5) is 5.69 Å². The molecule has 1 fully saturated rings. The van der Waals surface area contributed by atoms with E-state index in [0.29, 0.717) is 10.9 Å². The standard InChI is InChI=1S/C13H17NO3S/c1-7-5-9(6-10(12(7)14)13(15)16)18-11-3-4-17-8(11)2/h5-6,8,11H,3-4,14H2,1-2H3,(H,15,16). The fourth-order valence-electron chi connectivity index (χ4n) is 2.05. The molecule has 3 N–H and O–H groups in total. The molecule has 18 heavy (non-hydrogen) atoms. The van der Waals surface area contributed by atoms with E-state index < -0.39 is 5.97 Å². The van der Waals surface area contributed by atoms with E-state index in [1.807, 2.05) is 19.9 Å². The number of nitrogen functional groups attached to an aromatic ring is 1. The van der Waals surface area contributed by atoms with E-state index >= 15 is 0 Å². The van der Waals surface area contributed by atoms with Crippen molar-refractivity contribution in [2.45, 2.75) is 36.5 Å². The van der Waals surface area contributed by atoms with Crippen LogP contribution in [0.2, 0.25) is 0 Å². The maximum atomic E-state index is 11.1. The highest BCUT2D eigenvalue weighted by Crippen LogP contribution is 2.35. The highest BCUT2D eigenvalue weighted by atomic mass is 32.2. The van der Waals surface area contributed by atoms with E-state index in [0.717, 1.165) is 23.5 Å². The van der Waals surface area contributed by atoms with Gasteiger partial charge in [-0.05, 0) is 38.0 Å². The summed E-state index contributed by atoms with van der Waals surface area (Å²) >= 11 is 1.67. The van der Waals surface area contributed by atoms with Gasteiger partial charge < -0.3 is 15.6 Å². The molecule has 2 atom stereocenters. The number of benzene rings is 1. The summed E-state index contributed by atoms with van der Waals surface area (Å²) < 4.78 is 5.51. The van der Waals surface area contributed by atoms with Gasteiger partial charge in [0, 0.05) is 22.4 Å². The minimum Gasteiger partial charge on any atom is -0.478 e. The van der Waals surface area contributed by atoms with Gasteiger partial charge in [0.15, 0.2) is 0 Å². The second-order valence-corrected chi connectivity index (χ2v) is 5.84. The normalized spacial score (nSPS) is 23.2. The number of hydrogen-bond acceptors (Lipinski definition) is 4. The molecule has 0 aromatic heterocycles. The van der Waals surface area contributed by atoms with Gasteiger partial charge >= 0.3 is 5.97 Å². The molecule has 1 aromatic rings. The van der Waals surface area contributed by atoms with E-state index in [-0.39, 0.29) is 11.7 Å². The van der Waals surface area contributed by atoms with Crippen molar-refractivity contribution in [3.63, 3.8) is 0 Å². The first-order chi connectivity index (χ1) is 8.49. The SMILES string of the molecule is Cc1cc(SC2CCOC2C)cc(C(=O)O)c1N. The Morgan fingerprint density at radius 1 is 1.56 bits per heavy atom. The van der Waals surface area contributed by atoms with Gasteiger partial charge in [-0.1, -0.05) is 0 Å². The maximum Gasteiger partial charge on any atom is 0.337 e. The summed E-state index contributed by atoms with van der Waals surface area (Å²) in [4.78, 5) is 12.1. The fourth-order valence-corrected chi connectivity index (χ4v) is 3.32. The van der Waals surface area contributed by atoms with Crippen molar-refractivity contribution in [1.82, 2.24) is 0 Å². The Balaban J connectivity index is 2.26. The summed E-state index contributed by atoms with van der Waals surface area (Å²) in [6.07, 6.45) is 1.21. The van der Waals surface area contributed by atoms with E-state index in [9.17, 15) is 4.79 Å². The Morgan fingerprint density at radius 2 is 2.28 bits per heavy atom. The van der Waals surface area contributed by atoms with Crippen LogP contribution in [0.15, 0.2) is 17.0 Å². The molecule has 1 saturated heterocycles. The summed E-state index contributed by atoms with van der Waals surface area (Å²) in [5.74, 6) is -0.978. The van der Waals surface area contributed by atoms with Gasteiger partial charge in [-0.25, -0.2) is 4.79 Å². The van der Waals surface area contributed by atoms with Crippen molar-refractivity contribution < 1.29 is 14.6 Å². The Morgan fingerprint density at radius 3 is 2.83 bits per heavy atom. The lowest BCUT2D eigenvalue weighted by atomic mass is 10.1. The Bertz CT molecular complexity index is 476. The summed E-state index contributed by atoms with van der Waals surface area (Å²) in [5, 5.41) is 9.50. The number of hydrogen-bond donors (Lipinski definition) is 2. The molecule has 0 aliphatic carbocycles. The first-order valence-corrected chi connectivity index (χ1v) is 6.78. The van der Waals surface area contributed by atoms with Crippen LogP contribution in [0.3, 0.4) is 0 Å². The van der Waals surface area contributed by atoms with E-state index in [1.165, 1.54) is 0 Å². The average Bonchev–Trinajstić information content (AvgIpc) is 2.69. The molecule has 1 aliphatic heterocycles. The molecule has 1 heterocycles. The van der Waals surface area contributed by atoms with E-state index in [1.54, 1.807) is 17.8 Å². The third-order valence-corrected chi connectivity index (χ3v) is 4.61. The Kier molecular flexibility index (Phi) is 3.82. The monoisotopic (exact) mass is 267 g/mol. The number of ether oxygens (including phenoxy) is 1. The number of rotatable bonds is 3. The molecule has 5 heteroatoms. The molecule has 0 spiro atoms. The van der Waals surface area contributed by atoms with Crippen molar-refractivity contribution in [3.8, 4) is 0 Å². The second-order valence-electron chi connectivity index (χ2n) is 4.53. The first kappa shape index (κ1) is 13.2. The summed E-state index contributed by atoms with van der Waals surface area (Å²) in [6.45, 7) is 4.66. The van der Waals surface area contributed by atoms with E-state index in [2.05, 4.69) is 0 Å². The zero-order valence-corrected chi connectivity index (χ0v) is 11.3. The summed E-state index contributed by atoms with van der Waals surface area (Å²) in [7, 11) is 0. The Hall–Kier alpha value is -1.20. The van der Waals surface area contributed by atoms with Gasteiger partial charge in [0.1, 0.15) is 0 Å². The topological polar surface area (TPSA) is 72.5 Å². The summed E-state index contributed by atoms with van der Waals surface area (Å²) in [5.41, 5.74) is 7.12. The van der Waals surface area contributed by atoms with Gasteiger partial charge in [-0.2, -0.15) is 0 Å². The summed E-state index contributed by atoms with van der Waals surface area (Å²) in [6, 6.07) is 3.60. The average molecular weight is 267 g/mol. The molecule has 1 aromatic carbocycles. The smallest absolute Gasteiger partial charge is 0.337 e. The third kappa shape index (κ3) is 2.62. The molecule has 1 aliphatic rings. The van der Waals surface area contributed by atoms with Gasteiger partial charge in [-0.3, -0.25) is 0 Å². The van der Waals surface area contributed by atoms with Gasteiger partial charge in [-0.15, -0.1) is 11.8 Å². The number of carboxylic acid groups (broad SMARTS) is 1. The Labute approximate surface area is 111 Å². The van der Waals surface area contributed by atoms with Crippen molar-refractivity contribution in [2.24, 2.45) is 0 Å². The highest BCUT2D eigenvalue weighted by Gasteiger charge is 2.25. The van der Waals surface area contributed by atoms with Crippen LogP contribution in [0, 0.1) is 6.92 Å². The zero-order chi connectivity index (χ0) is 13.3. The molecule has 0 saturated carbocycles. The predicted molar refractivity (Wildman–Crippen MR) is 72.2 cm³/mol. The van der Waals surface area contributed by atoms with Crippen LogP contribution < -0.4 is 5.73 Å². The minimum atomic E-state index is -0.978. The van der Waals surface area contributed by atoms with Crippen LogP contribution in [0.1, 0.15) is 29.3 Å². The van der Waals surface area contributed by atoms with Crippen molar-refractivity contribution in [2.75, 3.05) is 12.3 Å². The van der Waals surface area contributed by atoms with Crippen molar-refractivity contribution in [3.05, 3.63) is 23.3 Å². The number of nitrogens with two attached hydrogens (primary N) is 1. The molecule has 0 radical (unpaired) electrons. The zero-order valence-electron chi connectivity index (χ0n) is 10.5.